The van der Waals surface area contributed by atoms with Crippen LogP contribution in [-0.2, 0) is 0 Å². The Balaban J connectivity index is 2.10. The summed E-state index contributed by atoms with van der Waals surface area (Å²) in [6, 6.07) is 0. The van der Waals surface area contributed by atoms with Crippen LogP contribution in [0, 0.1) is 20.8 Å². The van der Waals surface area contributed by atoms with Crippen LogP contribution in [0.25, 0.3) is 0 Å². The Morgan fingerprint density at radius 1 is 1.14 bits per heavy atom. The molecule has 1 N–H and O–H groups in total. The molecule has 124 valence electrons. The number of aryl methyl sites for hydroxylation is 2. The van der Waals surface area contributed by atoms with Crippen LogP contribution in [0.2, 0.25) is 0 Å². The number of likely N-dealkylation sites (tertiary alicyclic amines) is 1. The minimum Gasteiger partial charge on any atom is -0.368 e. The lowest BCUT2D eigenvalue weighted by Crippen LogP contribution is -2.56. The van der Waals surface area contributed by atoms with Crippen molar-refractivity contribution in [3.63, 3.8) is 0 Å². The number of rotatable bonds is 5. The second-order valence-corrected chi connectivity index (χ2v) is 6.74. The first-order chi connectivity index (χ1) is 10.4. The Labute approximate surface area is 135 Å². The summed E-state index contributed by atoms with van der Waals surface area (Å²) in [5, 5.41) is 3.61. The van der Waals surface area contributed by atoms with Gasteiger partial charge in [-0.1, -0.05) is 6.92 Å². The van der Waals surface area contributed by atoms with Gasteiger partial charge in [0.2, 0.25) is 0 Å². The standard InChI is InChI=1S/C17H31N5/c1-7-22-10-8-17(9-11-22,21(5)6)12-18-16-13(2)14(3)19-15(4)20-16/h7-12H2,1-6H3,(H,18,19,20). The molecule has 22 heavy (non-hydrogen) atoms. The topological polar surface area (TPSA) is 44.3 Å². The SMILES string of the molecule is CCN1CCC(CNc2nc(C)nc(C)c2C)(N(C)C)CC1. The Hall–Kier alpha value is -1.20. The first-order valence-corrected chi connectivity index (χ1v) is 8.33. The quantitative estimate of drug-likeness (QED) is 0.904. The third kappa shape index (κ3) is 3.58. The average molecular weight is 305 g/mol. The highest BCUT2D eigenvalue weighted by molar-refractivity contribution is 5.45. The van der Waals surface area contributed by atoms with Crippen LogP contribution in [0.3, 0.4) is 0 Å². The van der Waals surface area contributed by atoms with E-state index in [9.17, 15) is 0 Å². The molecule has 0 bridgehead atoms. The van der Waals surface area contributed by atoms with Crippen LogP contribution >= 0.6 is 0 Å². The Morgan fingerprint density at radius 2 is 1.77 bits per heavy atom. The van der Waals surface area contributed by atoms with Crippen molar-refractivity contribution < 1.29 is 0 Å². The number of anilines is 1. The van der Waals surface area contributed by atoms with Crippen molar-refractivity contribution >= 4 is 5.82 Å². The van der Waals surface area contributed by atoms with Gasteiger partial charge in [-0.2, -0.15) is 0 Å². The van der Waals surface area contributed by atoms with E-state index in [0.29, 0.717) is 0 Å². The van der Waals surface area contributed by atoms with Crippen LogP contribution in [-0.4, -0.2) is 65.6 Å². The van der Waals surface area contributed by atoms with Crippen LogP contribution in [0.5, 0.6) is 0 Å². The smallest absolute Gasteiger partial charge is 0.132 e. The van der Waals surface area contributed by atoms with E-state index in [4.69, 9.17) is 0 Å². The Kier molecular flexibility index (Phi) is 5.40. The normalized spacial score (nSPS) is 18.7. The highest BCUT2D eigenvalue weighted by Gasteiger charge is 2.36. The van der Waals surface area contributed by atoms with Gasteiger partial charge in [0.1, 0.15) is 11.6 Å². The molecule has 2 heterocycles. The van der Waals surface area contributed by atoms with Crippen molar-refractivity contribution in [2.24, 2.45) is 0 Å². The molecule has 2 rings (SSSR count). The van der Waals surface area contributed by atoms with Gasteiger partial charge in [0.25, 0.3) is 0 Å². The van der Waals surface area contributed by atoms with Gasteiger partial charge in [0.05, 0.1) is 0 Å². The minimum atomic E-state index is 0.213. The zero-order valence-electron chi connectivity index (χ0n) is 15.0. The van der Waals surface area contributed by atoms with E-state index < -0.39 is 0 Å². The maximum absolute atomic E-state index is 4.59. The van der Waals surface area contributed by atoms with E-state index in [1.165, 1.54) is 25.9 Å². The molecule has 0 saturated carbocycles. The van der Waals surface area contributed by atoms with Gasteiger partial charge in [-0.05, 0) is 67.3 Å². The third-order valence-corrected chi connectivity index (χ3v) is 5.27. The number of hydrogen-bond donors (Lipinski definition) is 1. The van der Waals surface area contributed by atoms with Crippen molar-refractivity contribution in [3.05, 3.63) is 17.1 Å². The number of nitrogens with one attached hydrogen (secondary N) is 1. The molecule has 0 spiro atoms. The lowest BCUT2D eigenvalue weighted by molar-refractivity contribution is 0.0686. The molecule has 5 heteroatoms. The van der Waals surface area contributed by atoms with E-state index in [1.54, 1.807) is 0 Å². The Morgan fingerprint density at radius 3 is 2.32 bits per heavy atom. The van der Waals surface area contributed by atoms with Gasteiger partial charge >= 0.3 is 0 Å². The summed E-state index contributed by atoms with van der Waals surface area (Å²) in [6.07, 6.45) is 2.39. The molecule has 0 unspecified atom stereocenters. The fourth-order valence-electron chi connectivity index (χ4n) is 3.26. The van der Waals surface area contributed by atoms with Gasteiger partial charge in [0, 0.05) is 23.3 Å². The number of piperidine rings is 1. The monoisotopic (exact) mass is 305 g/mol. The fourth-order valence-corrected chi connectivity index (χ4v) is 3.26. The van der Waals surface area contributed by atoms with Crippen molar-refractivity contribution in [1.29, 1.82) is 0 Å². The average Bonchev–Trinajstić information content (AvgIpc) is 2.49. The van der Waals surface area contributed by atoms with Gasteiger partial charge in [-0.3, -0.25) is 0 Å². The predicted octanol–water partition coefficient (Wildman–Crippen LogP) is 2.23. The molecule has 1 fully saturated rings. The number of likely N-dealkylation sites (N-methyl/N-ethyl adjacent to an activating group) is 1. The number of hydrogen-bond acceptors (Lipinski definition) is 5. The molecule has 1 aliphatic rings. The maximum Gasteiger partial charge on any atom is 0.132 e. The molecule has 1 saturated heterocycles. The molecule has 1 aromatic heterocycles. The molecule has 5 nitrogen and oxygen atoms in total. The first kappa shape index (κ1) is 17.2. The van der Waals surface area contributed by atoms with E-state index in [0.717, 1.165) is 36.0 Å². The zero-order chi connectivity index (χ0) is 16.3. The molecule has 0 radical (unpaired) electrons. The largest absolute Gasteiger partial charge is 0.368 e. The summed E-state index contributed by atoms with van der Waals surface area (Å²) in [5.74, 6) is 1.83. The van der Waals surface area contributed by atoms with Crippen LogP contribution in [0.15, 0.2) is 0 Å². The highest BCUT2D eigenvalue weighted by atomic mass is 15.2. The first-order valence-electron chi connectivity index (χ1n) is 8.33. The summed E-state index contributed by atoms with van der Waals surface area (Å²) < 4.78 is 0. The van der Waals surface area contributed by atoms with Crippen molar-refractivity contribution in [2.75, 3.05) is 45.6 Å². The van der Waals surface area contributed by atoms with E-state index in [-0.39, 0.29) is 5.54 Å². The zero-order valence-corrected chi connectivity index (χ0v) is 15.0. The number of aromatic nitrogens is 2. The summed E-state index contributed by atoms with van der Waals surface area (Å²) in [5.41, 5.74) is 2.44. The molecule has 0 atom stereocenters. The molecule has 0 aliphatic carbocycles. The molecule has 0 amide bonds. The van der Waals surface area contributed by atoms with Crippen molar-refractivity contribution in [1.82, 2.24) is 19.8 Å². The van der Waals surface area contributed by atoms with Crippen LogP contribution < -0.4 is 5.32 Å². The Bertz CT molecular complexity index is 504. The summed E-state index contributed by atoms with van der Waals surface area (Å²) in [4.78, 5) is 13.9. The lowest BCUT2D eigenvalue weighted by atomic mass is 9.86. The van der Waals surface area contributed by atoms with Crippen molar-refractivity contribution in [2.45, 2.75) is 46.1 Å². The van der Waals surface area contributed by atoms with Gasteiger partial charge < -0.3 is 15.1 Å². The van der Waals surface area contributed by atoms with E-state index in [2.05, 4.69) is 60.0 Å². The molecular weight excluding hydrogens is 274 g/mol. The summed E-state index contributed by atoms with van der Waals surface area (Å²) in [7, 11) is 4.40. The molecule has 1 aliphatic heterocycles. The van der Waals surface area contributed by atoms with Crippen molar-refractivity contribution in [3.8, 4) is 0 Å². The minimum absolute atomic E-state index is 0.213. The highest BCUT2D eigenvalue weighted by Crippen LogP contribution is 2.28. The maximum atomic E-state index is 4.59. The van der Waals surface area contributed by atoms with Gasteiger partial charge in [0.15, 0.2) is 0 Å². The predicted molar refractivity (Wildman–Crippen MR) is 92.5 cm³/mol. The second kappa shape index (κ2) is 6.92. The summed E-state index contributed by atoms with van der Waals surface area (Å²) in [6.45, 7) is 12.8. The van der Waals surface area contributed by atoms with Gasteiger partial charge in [-0.25, -0.2) is 9.97 Å². The van der Waals surface area contributed by atoms with E-state index >= 15 is 0 Å². The van der Waals surface area contributed by atoms with Crippen LogP contribution in [0.4, 0.5) is 5.82 Å². The third-order valence-electron chi connectivity index (χ3n) is 5.27. The fraction of sp³-hybridized carbons (Fsp3) is 0.765. The summed E-state index contributed by atoms with van der Waals surface area (Å²) >= 11 is 0. The lowest BCUT2D eigenvalue weighted by Gasteiger charge is -2.46. The molecule has 1 aromatic rings. The van der Waals surface area contributed by atoms with E-state index in [1.807, 2.05) is 6.92 Å². The molecule has 0 aromatic carbocycles. The number of nitrogens with zero attached hydrogens (tertiary/aromatic N) is 4. The molecular formula is C17H31N5. The second-order valence-electron chi connectivity index (χ2n) is 6.74. The van der Waals surface area contributed by atoms with Gasteiger partial charge in [-0.15, -0.1) is 0 Å². The van der Waals surface area contributed by atoms with Crippen LogP contribution in [0.1, 0.15) is 36.8 Å².